The van der Waals surface area contributed by atoms with Gasteiger partial charge in [-0.05, 0) is 6.07 Å². The summed E-state index contributed by atoms with van der Waals surface area (Å²) in [4.78, 5) is 7.99. The number of fused-ring (bicyclic) bond motifs is 1. The molecular weight excluding hydrogens is 166 g/mol. The molecule has 1 aromatic heterocycles. The van der Waals surface area contributed by atoms with E-state index in [9.17, 15) is 0 Å². The first-order valence-corrected chi connectivity index (χ1v) is 3.84. The number of nitrogen functional groups attached to an aromatic ring is 1. The first-order valence-electron chi connectivity index (χ1n) is 3.84. The molecule has 0 aliphatic heterocycles. The summed E-state index contributed by atoms with van der Waals surface area (Å²) in [6.07, 6.45) is 3.22. The Morgan fingerprint density at radius 3 is 3.00 bits per heavy atom. The van der Waals surface area contributed by atoms with E-state index in [0.29, 0.717) is 11.4 Å². The Labute approximate surface area is 75.4 Å². The van der Waals surface area contributed by atoms with Crippen molar-refractivity contribution < 1.29 is 4.74 Å². The van der Waals surface area contributed by atoms with Gasteiger partial charge in [0.2, 0.25) is 0 Å². The molecule has 0 aliphatic rings. The molecule has 0 amide bonds. The van der Waals surface area contributed by atoms with Gasteiger partial charge in [-0.25, -0.2) is 9.97 Å². The van der Waals surface area contributed by atoms with Gasteiger partial charge in [0.05, 0.1) is 18.3 Å². The zero-order chi connectivity index (χ0) is 9.26. The lowest BCUT2D eigenvalue weighted by atomic mass is 10.2. The maximum Gasteiger partial charge on any atom is 0.143 e. The van der Waals surface area contributed by atoms with Crippen LogP contribution in [0.4, 0.5) is 5.69 Å². The first kappa shape index (κ1) is 7.79. The largest absolute Gasteiger partial charge is 0.495 e. The molecule has 66 valence electrons. The molecule has 0 spiro atoms. The Hall–Kier alpha value is -1.84. The number of ether oxygens (including phenoxy) is 1. The third-order valence-electron chi connectivity index (χ3n) is 1.86. The molecule has 0 fully saturated rings. The molecule has 0 saturated carbocycles. The summed E-state index contributed by atoms with van der Waals surface area (Å²) >= 11 is 0. The lowest BCUT2D eigenvalue weighted by Gasteiger charge is -2.04. The van der Waals surface area contributed by atoms with Crippen LogP contribution in [0, 0.1) is 0 Å². The van der Waals surface area contributed by atoms with Crippen molar-refractivity contribution in [2.45, 2.75) is 0 Å². The van der Waals surface area contributed by atoms with Gasteiger partial charge in [-0.3, -0.25) is 0 Å². The van der Waals surface area contributed by atoms with Gasteiger partial charge in [-0.2, -0.15) is 0 Å². The highest BCUT2D eigenvalue weighted by Gasteiger charge is 2.01. The number of benzene rings is 1. The van der Waals surface area contributed by atoms with Crippen LogP contribution in [-0.4, -0.2) is 17.1 Å². The predicted molar refractivity (Wildman–Crippen MR) is 50.5 cm³/mol. The molecule has 0 unspecified atom stereocenters. The molecule has 0 atom stereocenters. The van der Waals surface area contributed by atoms with E-state index in [-0.39, 0.29) is 0 Å². The third kappa shape index (κ3) is 1.26. The van der Waals surface area contributed by atoms with Crippen LogP contribution in [-0.2, 0) is 0 Å². The van der Waals surface area contributed by atoms with Crippen LogP contribution in [0.5, 0.6) is 5.75 Å². The van der Waals surface area contributed by atoms with Crippen LogP contribution in [0.1, 0.15) is 0 Å². The minimum absolute atomic E-state index is 0.602. The topological polar surface area (TPSA) is 61.0 Å². The molecule has 1 heterocycles. The molecule has 0 saturated heterocycles. The molecule has 2 aromatic rings. The van der Waals surface area contributed by atoms with Crippen LogP contribution in [0.2, 0.25) is 0 Å². The van der Waals surface area contributed by atoms with Gasteiger partial charge >= 0.3 is 0 Å². The molecule has 0 bridgehead atoms. The second-order valence-electron chi connectivity index (χ2n) is 2.68. The van der Waals surface area contributed by atoms with Gasteiger partial charge in [0.1, 0.15) is 12.1 Å². The Morgan fingerprint density at radius 1 is 1.38 bits per heavy atom. The van der Waals surface area contributed by atoms with E-state index in [1.165, 1.54) is 6.33 Å². The average Bonchev–Trinajstić information content (AvgIpc) is 2.17. The summed E-state index contributed by atoms with van der Waals surface area (Å²) in [7, 11) is 1.58. The normalized spacial score (nSPS) is 10.2. The van der Waals surface area contributed by atoms with Crippen LogP contribution in [0.15, 0.2) is 24.7 Å². The minimum atomic E-state index is 0.602. The predicted octanol–water partition coefficient (Wildman–Crippen LogP) is 1.22. The van der Waals surface area contributed by atoms with Gasteiger partial charge in [0.15, 0.2) is 0 Å². The van der Waals surface area contributed by atoms with E-state index in [2.05, 4.69) is 9.97 Å². The molecule has 1 aromatic carbocycles. The van der Waals surface area contributed by atoms with Gasteiger partial charge in [0.25, 0.3) is 0 Å². The number of hydrogen-bond donors (Lipinski definition) is 1. The fraction of sp³-hybridized carbons (Fsp3) is 0.111. The van der Waals surface area contributed by atoms with E-state index in [1.54, 1.807) is 25.4 Å². The van der Waals surface area contributed by atoms with E-state index in [0.717, 1.165) is 10.9 Å². The summed E-state index contributed by atoms with van der Waals surface area (Å²) in [5.41, 5.74) is 7.15. The Kier molecular flexibility index (Phi) is 1.73. The molecule has 0 radical (unpaired) electrons. The van der Waals surface area contributed by atoms with Crippen LogP contribution in [0.25, 0.3) is 10.9 Å². The van der Waals surface area contributed by atoms with Crippen molar-refractivity contribution in [1.29, 1.82) is 0 Å². The number of methoxy groups -OCH3 is 1. The van der Waals surface area contributed by atoms with Crippen LogP contribution >= 0.6 is 0 Å². The van der Waals surface area contributed by atoms with E-state index in [4.69, 9.17) is 10.5 Å². The zero-order valence-electron chi connectivity index (χ0n) is 7.19. The number of anilines is 1. The number of aromatic nitrogens is 2. The molecule has 2 N–H and O–H groups in total. The van der Waals surface area contributed by atoms with Crippen molar-refractivity contribution >= 4 is 16.6 Å². The van der Waals surface area contributed by atoms with Crippen LogP contribution < -0.4 is 10.5 Å². The molecule has 2 rings (SSSR count). The highest BCUT2D eigenvalue weighted by Crippen LogP contribution is 2.25. The van der Waals surface area contributed by atoms with Crippen molar-refractivity contribution in [2.24, 2.45) is 0 Å². The van der Waals surface area contributed by atoms with Crippen molar-refractivity contribution in [2.75, 3.05) is 12.8 Å². The van der Waals surface area contributed by atoms with Gasteiger partial charge < -0.3 is 10.5 Å². The summed E-state index contributed by atoms with van der Waals surface area (Å²) in [6, 6.07) is 3.60. The van der Waals surface area contributed by atoms with Gasteiger partial charge in [-0.15, -0.1) is 0 Å². The lowest BCUT2D eigenvalue weighted by molar-refractivity contribution is 0.417. The minimum Gasteiger partial charge on any atom is -0.495 e. The highest BCUT2D eigenvalue weighted by atomic mass is 16.5. The number of hydrogen-bond acceptors (Lipinski definition) is 4. The Morgan fingerprint density at radius 2 is 2.23 bits per heavy atom. The zero-order valence-corrected chi connectivity index (χ0v) is 7.19. The number of nitrogens with two attached hydrogens (primary N) is 1. The molecule has 4 nitrogen and oxygen atoms in total. The maximum absolute atomic E-state index is 5.72. The first-order chi connectivity index (χ1) is 6.31. The summed E-state index contributed by atoms with van der Waals surface area (Å²) in [6.45, 7) is 0. The molecular formula is C9H9N3O. The standard InChI is InChI=1S/C9H9N3O/c1-13-9-3-8-6(2-7(9)10)4-11-5-12-8/h2-5H,10H2,1H3. The smallest absolute Gasteiger partial charge is 0.143 e. The second kappa shape index (κ2) is 2.90. The number of rotatable bonds is 1. The van der Waals surface area contributed by atoms with E-state index >= 15 is 0 Å². The maximum atomic E-state index is 5.72. The van der Waals surface area contributed by atoms with Gasteiger partial charge in [-0.1, -0.05) is 0 Å². The fourth-order valence-corrected chi connectivity index (χ4v) is 1.20. The number of nitrogens with zero attached hydrogens (tertiary/aromatic N) is 2. The van der Waals surface area contributed by atoms with Crippen molar-refractivity contribution in [3.8, 4) is 5.75 Å². The summed E-state index contributed by atoms with van der Waals surface area (Å²) in [5, 5.41) is 0.917. The summed E-state index contributed by atoms with van der Waals surface area (Å²) in [5.74, 6) is 0.645. The highest BCUT2D eigenvalue weighted by molar-refractivity contribution is 5.84. The van der Waals surface area contributed by atoms with Crippen LogP contribution in [0.3, 0.4) is 0 Å². The van der Waals surface area contributed by atoms with E-state index < -0.39 is 0 Å². The van der Waals surface area contributed by atoms with Crippen molar-refractivity contribution in [1.82, 2.24) is 9.97 Å². The quantitative estimate of drug-likeness (QED) is 0.662. The summed E-state index contributed by atoms with van der Waals surface area (Å²) < 4.78 is 5.07. The molecule has 13 heavy (non-hydrogen) atoms. The third-order valence-corrected chi connectivity index (χ3v) is 1.86. The fourth-order valence-electron chi connectivity index (χ4n) is 1.20. The van der Waals surface area contributed by atoms with Crippen molar-refractivity contribution in [3.05, 3.63) is 24.7 Å². The Balaban J connectivity index is 2.74. The molecule has 0 aliphatic carbocycles. The molecule has 4 heteroatoms. The average molecular weight is 175 g/mol. The lowest BCUT2D eigenvalue weighted by Crippen LogP contribution is -1.93. The van der Waals surface area contributed by atoms with Crippen molar-refractivity contribution in [3.63, 3.8) is 0 Å². The van der Waals surface area contributed by atoms with E-state index in [1.807, 2.05) is 0 Å². The second-order valence-corrected chi connectivity index (χ2v) is 2.68. The Bertz CT molecular complexity index is 442. The SMILES string of the molecule is COc1cc2ncncc2cc1N. The van der Waals surface area contributed by atoms with Gasteiger partial charge in [0, 0.05) is 17.6 Å². The monoisotopic (exact) mass is 175 g/mol.